The molecule has 0 bridgehead atoms. The van der Waals surface area contributed by atoms with Crippen molar-refractivity contribution in [3.63, 3.8) is 0 Å². The predicted molar refractivity (Wildman–Crippen MR) is 166 cm³/mol. The van der Waals surface area contributed by atoms with Crippen molar-refractivity contribution in [1.82, 2.24) is 0 Å². The van der Waals surface area contributed by atoms with Gasteiger partial charge in [-0.1, -0.05) is 115 Å². The van der Waals surface area contributed by atoms with E-state index in [0.717, 1.165) is 24.2 Å². The minimum absolute atomic E-state index is 1.13. The Hall–Kier alpha value is -4.88. The molecule has 0 spiro atoms. The van der Waals surface area contributed by atoms with Crippen molar-refractivity contribution in [2.75, 3.05) is 4.90 Å². The average Bonchev–Trinajstić information content (AvgIpc) is 3.44. The third-order valence-corrected chi connectivity index (χ3v) is 7.74. The summed E-state index contributed by atoms with van der Waals surface area (Å²) in [5.41, 5.74) is 11.3. The highest BCUT2D eigenvalue weighted by Gasteiger charge is 2.20. The smallest absolute Gasteiger partial charge is 0.0540 e. The Kier molecular flexibility index (Phi) is 6.03. The van der Waals surface area contributed by atoms with E-state index < -0.39 is 0 Å². The molecule has 0 aliphatic heterocycles. The lowest BCUT2D eigenvalue weighted by Gasteiger charge is -2.27. The quantitative estimate of drug-likeness (QED) is 0.206. The standard InChI is InChI=1S/C38H29N/c1-4-11-29(12-5-1)36(30-13-6-2-7-14-30)27-28-19-24-34(25-20-28)39(33-16-8-3-9-17-33)37-26-23-32-22-21-31-15-10-18-35(37)38(31)32/h1-20,23-27H,21-22H2. The molecule has 1 nitrogen and oxygen atoms in total. The third kappa shape index (κ3) is 4.43. The molecule has 0 unspecified atom stereocenters. The van der Waals surface area contributed by atoms with Crippen LogP contribution in [0.3, 0.4) is 0 Å². The fourth-order valence-electron chi connectivity index (χ4n) is 5.89. The molecule has 0 amide bonds. The van der Waals surface area contributed by atoms with Crippen molar-refractivity contribution < 1.29 is 0 Å². The van der Waals surface area contributed by atoms with E-state index in [9.17, 15) is 0 Å². The van der Waals surface area contributed by atoms with Crippen LogP contribution in [0.4, 0.5) is 17.1 Å². The van der Waals surface area contributed by atoms with Crippen LogP contribution in [0.15, 0.2) is 146 Å². The molecule has 0 heterocycles. The van der Waals surface area contributed by atoms with Crippen LogP contribution in [0.2, 0.25) is 0 Å². The topological polar surface area (TPSA) is 3.24 Å². The molecule has 1 aliphatic rings. The third-order valence-electron chi connectivity index (χ3n) is 7.74. The van der Waals surface area contributed by atoms with E-state index in [0.29, 0.717) is 0 Å². The van der Waals surface area contributed by atoms with Crippen LogP contribution in [-0.2, 0) is 12.8 Å². The molecule has 6 aromatic rings. The molecule has 1 aliphatic carbocycles. The maximum Gasteiger partial charge on any atom is 0.0540 e. The van der Waals surface area contributed by atoms with Gasteiger partial charge in [0.25, 0.3) is 0 Å². The molecule has 1 heteroatoms. The van der Waals surface area contributed by atoms with E-state index in [-0.39, 0.29) is 0 Å². The SMILES string of the molecule is C(=C(c1ccccc1)c1ccccc1)c1ccc(N(c2ccccc2)c2ccc3c4c(cccc24)CC3)cc1. The lowest BCUT2D eigenvalue weighted by atomic mass is 9.95. The normalized spacial score (nSPS) is 11.9. The van der Waals surface area contributed by atoms with E-state index in [4.69, 9.17) is 0 Å². The van der Waals surface area contributed by atoms with Crippen LogP contribution in [0, 0.1) is 0 Å². The van der Waals surface area contributed by atoms with Gasteiger partial charge in [0.05, 0.1) is 5.69 Å². The van der Waals surface area contributed by atoms with Crippen molar-refractivity contribution in [3.05, 3.63) is 173 Å². The Morgan fingerprint density at radius 2 is 1.05 bits per heavy atom. The average molecular weight is 500 g/mol. The zero-order chi connectivity index (χ0) is 26.0. The number of nitrogens with zero attached hydrogens (tertiary/aromatic N) is 1. The van der Waals surface area contributed by atoms with Gasteiger partial charge in [-0.25, -0.2) is 0 Å². The molecule has 7 rings (SSSR count). The van der Waals surface area contributed by atoms with Crippen LogP contribution < -0.4 is 4.90 Å². The first-order valence-electron chi connectivity index (χ1n) is 13.7. The molecule has 6 aromatic carbocycles. The molecule has 0 radical (unpaired) electrons. The van der Waals surface area contributed by atoms with Crippen LogP contribution in [0.25, 0.3) is 22.4 Å². The van der Waals surface area contributed by atoms with Gasteiger partial charge in [-0.15, -0.1) is 0 Å². The summed E-state index contributed by atoms with van der Waals surface area (Å²) in [5.74, 6) is 0. The molecule has 0 saturated carbocycles. The van der Waals surface area contributed by atoms with Crippen molar-refractivity contribution in [2.24, 2.45) is 0 Å². The van der Waals surface area contributed by atoms with Crippen molar-refractivity contribution >= 4 is 39.5 Å². The first-order chi connectivity index (χ1) is 19.3. The fourth-order valence-corrected chi connectivity index (χ4v) is 5.89. The minimum Gasteiger partial charge on any atom is -0.310 e. The van der Waals surface area contributed by atoms with Crippen molar-refractivity contribution in [2.45, 2.75) is 12.8 Å². The number of anilines is 3. The Morgan fingerprint density at radius 1 is 0.487 bits per heavy atom. The van der Waals surface area contributed by atoms with Gasteiger partial charge in [0.1, 0.15) is 0 Å². The maximum absolute atomic E-state index is 2.39. The van der Waals surface area contributed by atoms with Gasteiger partial charge in [-0.2, -0.15) is 0 Å². The van der Waals surface area contributed by atoms with E-state index in [2.05, 4.69) is 157 Å². The number of benzene rings is 6. The molecule has 0 N–H and O–H groups in total. The second-order valence-electron chi connectivity index (χ2n) is 10.1. The summed E-state index contributed by atoms with van der Waals surface area (Å²) in [6, 6.07) is 52.3. The van der Waals surface area contributed by atoms with Crippen LogP contribution in [-0.4, -0.2) is 0 Å². The van der Waals surface area contributed by atoms with Gasteiger partial charge in [0.15, 0.2) is 0 Å². The highest BCUT2D eigenvalue weighted by atomic mass is 15.1. The number of aryl methyl sites for hydroxylation is 2. The summed E-state index contributed by atoms with van der Waals surface area (Å²) in [4.78, 5) is 2.39. The van der Waals surface area contributed by atoms with Crippen LogP contribution in [0.1, 0.15) is 27.8 Å². The molecule has 0 fully saturated rings. The molecule has 39 heavy (non-hydrogen) atoms. The molecule has 0 aromatic heterocycles. The summed E-state index contributed by atoms with van der Waals surface area (Å²) in [5, 5.41) is 2.76. The zero-order valence-corrected chi connectivity index (χ0v) is 21.8. The molecular weight excluding hydrogens is 470 g/mol. The van der Waals surface area contributed by atoms with E-state index in [1.165, 1.54) is 49.9 Å². The molecular formula is C38H29N. The molecule has 186 valence electrons. The monoisotopic (exact) mass is 499 g/mol. The second kappa shape index (κ2) is 10.1. The van der Waals surface area contributed by atoms with Gasteiger partial charge in [-0.3, -0.25) is 0 Å². The van der Waals surface area contributed by atoms with Gasteiger partial charge >= 0.3 is 0 Å². The first kappa shape index (κ1) is 23.3. The predicted octanol–water partition coefficient (Wildman–Crippen LogP) is 10.00. The number of rotatable bonds is 6. The first-order valence-corrected chi connectivity index (χ1v) is 13.7. The number of hydrogen-bond acceptors (Lipinski definition) is 1. The summed E-state index contributed by atoms with van der Waals surface area (Å²) in [7, 11) is 0. The zero-order valence-electron chi connectivity index (χ0n) is 21.8. The maximum atomic E-state index is 2.39. The van der Waals surface area contributed by atoms with Gasteiger partial charge in [0, 0.05) is 16.8 Å². The highest BCUT2D eigenvalue weighted by molar-refractivity contribution is 6.03. The second-order valence-corrected chi connectivity index (χ2v) is 10.1. The van der Waals surface area contributed by atoms with Crippen LogP contribution in [0.5, 0.6) is 0 Å². The Labute approximate surface area is 230 Å². The van der Waals surface area contributed by atoms with Gasteiger partial charge in [0.2, 0.25) is 0 Å². The molecule has 0 atom stereocenters. The number of hydrogen-bond donors (Lipinski definition) is 0. The minimum atomic E-state index is 1.13. The fraction of sp³-hybridized carbons (Fsp3) is 0.0526. The number of para-hydroxylation sites is 1. The van der Waals surface area contributed by atoms with Crippen molar-refractivity contribution in [3.8, 4) is 0 Å². The van der Waals surface area contributed by atoms with Gasteiger partial charge in [-0.05, 0) is 88.0 Å². The lowest BCUT2D eigenvalue weighted by molar-refractivity contribution is 1.02. The van der Waals surface area contributed by atoms with Crippen LogP contribution >= 0.6 is 0 Å². The Balaban J connectivity index is 1.34. The lowest BCUT2D eigenvalue weighted by Crippen LogP contribution is -2.10. The Morgan fingerprint density at radius 3 is 1.69 bits per heavy atom. The highest BCUT2D eigenvalue weighted by Crippen LogP contribution is 2.42. The summed E-state index contributed by atoms with van der Waals surface area (Å²) < 4.78 is 0. The molecule has 0 saturated heterocycles. The summed E-state index contributed by atoms with van der Waals surface area (Å²) >= 11 is 0. The Bertz CT molecular complexity index is 1710. The summed E-state index contributed by atoms with van der Waals surface area (Å²) in [6.07, 6.45) is 4.56. The summed E-state index contributed by atoms with van der Waals surface area (Å²) in [6.45, 7) is 0. The van der Waals surface area contributed by atoms with E-state index in [1.807, 2.05) is 0 Å². The van der Waals surface area contributed by atoms with Crippen molar-refractivity contribution in [1.29, 1.82) is 0 Å². The van der Waals surface area contributed by atoms with Gasteiger partial charge < -0.3 is 4.90 Å². The van der Waals surface area contributed by atoms with E-state index in [1.54, 1.807) is 0 Å². The van der Waals surface area contributed by atoms with E-state index >= 15 is 0 Å². The largest absolute Gasteiger partial charge is 0.310 e.